The average Bonchev–Trinajstić information content (AvgIpc) is 2.29. The molecule has 0 saturated carbocycles. The summed E-state index contributed by atoms with van der Waals surface area (Å²) in [5.41, 5.74) is 0. The highest BCUT2D eigenvalue weighted by Gasteiger charge is 2.16. The number of ketones is 1. The van der Waals surface area contributed by atoms with Gasteiger partial charge in [-0.25, -0.2) is 0 Å². The van der Waals surface area contributed by atoms with Gasteiger partial charge in [0.2, 0.25) is 0 Å². The molecule has 1 rings (SSSR count). The topological polar surface area (TPSA) is 26.3 Å². The zero-order valence-electron chi connectivity index (χ0n) is 8.98. The number of carbonyl (C=O) groups excluding carboxylic acids is 1. The van der Waals surface area contributed by atoms with E-state index < -0.39 is 6.10 Å². The first kappa shape index (κ1) is 11.5. The standard InChI is InChI=1S/C13H16O2/c1-3-8-13(12(14)4-2)15-11-9-6-5-7-10-11/h3,5-7,9-10,13H,1,4,8H2,2H3. The number of benzene rings is 1. The smallest absolute Gasteiger partial charge is 0.173 e. The number of para-hydroxylation sites is 1. The largest absolute Gasteiger partial charge is 0.482 e. The van der Waals surface area contributed by atoms with E-state index in [1.807, 2.05) is 37.3 Å². The summed E-state index contributed by atoms with van der Waals surface area (Å²) in [4.78, 5) is 11.5. The minimum atomic E-state index is -0.394. The Balaban J connectivity index is 2.66. The maximum atomic E-state index is 11.5. The van der Waals surface area contributed by atoms with E-state index in [0.29, 0.717) is 12.8 Å². The van der Waals surface area contributed by atoms with Gasteiger partial charge in [0.15, 0.2) is 11.9 Å². The minimum absolute atomic E-state index is 0.110. The molecular formula is C13H16O2. The van der Waals surface area contributed by atoms with Crippen LogP contribution in [0.25, 0.3) is 0 Å². The molecule has 0 aliphatic heterocycles. The van der Waals surface area contributed by atoms with Crippen LogP contribution in [0.2, 0.25) is 0 Å². The second-order valence-corrected chi connectivity index (χ2v) is 3.26. The molecule has 0 radical (unpaired) electrons. The predicted octanol–water partition coefficient (Wildman–Crippen LogP) is 2.99. The zero-order valence-corrected chi connectivity index (χ0v) is 8.98. The lowest BCUT2D eigenvalue weighted by Gasteiger charge is -2.15. The predicted molar refractivity (Wildman–Crippen MR) is 61.0 cm³/mol. The maximum absolute atomic E-state index is 11.5. The Bertz CT molecular complexity index is 317. The minimum Gasteiger partial charge on any atom is -0.482 e. The molecule has 1 atom stereocenters. The normalized spacial score (nSPS) is 11.8. The van der Waals surface area contributed by atoms with Gasteiger partial charge in [-0.1, -0.05) is 31.2 Å². The van der Waals surface area contributed by atoms with E-state index in [0.717, 1.165) is 5.75 Å². The molecule has 0 fully saturated rings. The first-order valence-corrected chi connectivity index (χ1v) is 5.13. The van der Waals surface area contributed by atoms with Crippen molar-refractivity contribution in [1.82, 2.24) is 0 Å². The van der Waals surface area contributed by atoms with Crippen molar-refractivity contribution in [1.29, 1.82) is 0 Å². The first-order chi connectivity index (χ1) is 7.27. The molecule has 0 aliphatic carbocycles. The second kappa shape index (κ2) is 6.02. The number of rotatable bonds is 6. The van der Waals surface area contributed by atoms with Gasteiger partial charge in [0.05, 0.1) is 0 Å². The fourth-order valence-corrected chi connectivity index (χ4v) is 1.29. The Hall–Kier alpha value is -1.57. The molecule has 0 bridgehead atoms. The van der Waals surface area contributed by atoms with Gasteiger partial charge < -0.3 is 4.74 Å². The Kier molecular flexibility index (Phi) is 4.61. The summed E-state index contributed by atoms with van der Waals surface area (Å²) in [6, 6.07) is 9.38. The maximum Gasteiger partial charge on any atom is 0.173 e. The van der Waals surface area contributed by atoms with Crippen LogP contribution in [0.5, 0.6) is 5.75 Å². The molecule has 1 aromatic rings. The highest BCUT2D eigenvalue weighted by Crippen LogP contribution is 2.14. The number of hydrogen-bond donors (Lipinski definition) is 0. The van der Waals surface area contributed by atoms with Crippen LogP contribution < -0.4 is 4.74 Å². The molecular weight excluding hydrogens is 188 g/mol. The molecule has 1 unspecified atom stereocenters. The molecule has 80 valence electrons. The van der Waals surface area contributed by atoms with Gasteiger partial charge in [0.1, 0.15) is 5.75 Å². The van der Waals surface area contributed by atoms with Crippen molar-refractivity contribution in [3.05, 3.63) is 43.0 Å². The van der Waals surface area contributed by atoms with E-state index in [1.165, 1.54) is 0 Å². The Morgan fingerprint density at radius 2 is 2.13 bits per heavy atom. The van der Waals surface area contributed by atoms with Gasteiger partial charge in [-0.2, -0.15) is 0 Å². The number of ether oxygens (including phenoxy) is 1. The molecule has 0 heterocycles. The molecule has 2 heteroatoms. The van der Waals surface area contributed by atoms with Crippen LogP contribution >= 0.6 is 0 Å². The molecule has 0 saturated heterocycles. The van der Waals surface area contributed by atoms with E-state index >= 15 is 0 Å². The van der Waals surface area contributed by atoms with Crippen LogP contribution in [0, 0.1) is 0 Å². The summed E-state index contributed by atoms with van der Waals surface area (Å²) < 4.78 is 5.59. The summed E-state index contributed by atoms with van der Waals surface area (Å²) in [6.07, 6.45) is 2.36. The molecule has 1 aromatic carbocycles. The van der Waals surface area contributed by atoms with E-state index in [9.17, 15) is 4.79 Å². The van der Waals surface area contributed by atoms with Crippen LogP contribution in [0.1, 0.15) is 19.8 Å². The van der Waals surface area contributed by atoms with Crippen molar-refractivity contribution in [2.45, 2.75) is 25.9 Å². The number of carbonyl (C=O) groups is 1. The van der Waals surface area contributed by atoms with Gasteiger partial charge in [0.25, 0.3) is 0 Å². The summed E-state index contributed by atoms with van der Waals surface area (Å²) >= 11 is 0. The van der Waals surface area contributed by atoms with Crippen LogP contribution in [0.15, 0.2) is 43.0 Å². The quantitative estimate of drug-likeness (QED) is 0.666. The van der Waals surface area contributed by atoms with Crippen molar-refractivity contribution in [3.63, 3.8) is 0 Å². The van der Waals surface area contributed by atoms with Crippen molar-refractivity contribution < 1.29 is 9.53 Å². The zero-order chi connectivity index (χ0) is 11.1. The molecule has 0 aromatic heterocycles. The Morgan fingerprint density at radius 3 is 2.67 bits per heavy atom. The van der Waals surface area contributed by atoms with E-state index in [-0.39, 0.29) is 5.78 Å². The van der Waals surface area contributed by atoms with Crippen LogP contribution in [0.4, 0.5) is 0 Å². The van der Waals surface area contributed by atoms with Crippen molar-refractivity contribution in [3.8, 4) is 5.75 Å². The third-order valence-electron chi connectivity index (χ3n) is 2.11. The molecule has 2 nitrogen and oxygen atoms in total. The molecule has 15 heavy (non-hydrogen) atoms. The third kappa shape index (κ3) is 3.58. The Morgan fingerprint density at radius 1 is 1.47 bits per heavy atom. The third-order valence-corrected chi connectivity index (χ3v) is 2.11. The van der Waals surface area contributed by atoms with E-state index in [1.54, 1.807) is 6.08 Å². The van der Waals surface area contributed by atoms with Gasteiger partial charge in [-0.05, 0) is 12.1 Å². The van der Waals surface area contributed by atoms with Gasteiger partial charge in [0, 0.05) is 12.8 Å². The lowest BCUT2D eigenvalue weighted by atomic mass is 10.1. The van der Waals surface area contributed by atoms with Crippen molar-refractivity contribution >= 4 is 5.78 Å². The van der Waals surface area contributed by atoms with Crippen molar-refractivity contribution in [2.75, 3.05) is 0 Å². The summed E-state index contributed by atoms with van der Waals surface area (Å²) in [5, 5.41) is 0. The monoisotopic (exact) mass is 204 g/mol. The number of Topliss-reactive ketones (excluding diaryl/α,β-unsaturated/α-hetero) is 1. The fraction of sp³-hybridized carbons (Fsp3) is 0.308. The molecule has 0 aliphatic rings. The molecule has 0 N–H and O–H groups in total. The van der Waals surface area contributed by atoms with Crippen molar-refractivity contribution in [2.24, 2.45) is 0 Å². The lowest BCUT2D eigenvalue weighted by Crippen LogP contribution is -2.26. The van der Waals surface area contributed by atoms with E-state index in [4.69, 9.17) is 4.74 Å². The van der Waals surface area contributed by atoms with Gasteiger partial charge in [-0.15, -0.1) is 6.58 Å². The highest BCUT2D eigenvalue weighted by molar-refractivity contribution is 5.83. The van der Waals surface area contributed by atoms with Crippen LogP contribution in [0.3, 0.4) is 0 Å². The first-order valence-electron chi connectivity index (χ1n) is 5.13. The average molecular weight is 204 g/mol. The van der Waals surface area contributed by atoms with Gasteiger partial charge >= 0.3 is 0 Å². The lowest BCUT2D eigenvalue weighted by molar-refractivity contribution is -0.125. The summed E-state index contributed by atoms with van der Waals surface area (Å²) in [7, 11) is 0. The second-order valence-electron chi connectivity index (χ2n) is 3.26. The Labute approximate surface area is 90.6 Å². The van der Waals surface area contributed by atoms with E-state index in [2.05, 4.69) is 6.58 Å². The molecule has 0 amide bonds. The SMILES string of the molecule is C=CCC(Oc1ccccc1)C(=O)CC. The summed E-state index contributed by atoms with van der Waals surface area (Å²) in [5.74, 6) is 0.838. The highest BCUT2D eigenvalue weighted by atomic mass is 16.5. The number of hydrogen-bond acceptors (Lipinski definition) is 2. The molecule has 0 spiro atoms. The van der Waals surface area contributed by atoms with Crippen LogP contribution in [-0.2, 0) is 4.79 Å². The van der Waals surface area contributed by atoms with Crippen LogP contribution in [-0.4, -0.2) is 11.9 Å². The summed E-state index contributed by atoms with van der Waals surface area (Å²) in [6.45, 7) is 5.47. The van der Waals surface area contributed by atoms with Gasteiger partial charge in [-0.3, -0.25) is 4.79 Å². The fourth-order valence-electron chi connectivity index (χ4n) is 1.29.